The lowest BCUT2D eigenvalue weighted by Gasteiger charge is -2.24. The molecule has 1 unspecified atom stereocenters. The Morgan fingerprint density at radius 2 is 2.11 bits per heavy atom. The summed E-state index contributed by atoms with van der Waals surface area (Å²) in [6.45, 7) is 0. The summed E-state index contributed by atoms with van der Waals surface area (Å²) in [6.07, 6.45) is 5.70. The number of thiophene rings is 1. The molecule has 0 amide bonds. The Bertz CT molecular complexity index is 562. The van der Waals surface area contributed by atoms with Crippen molar-refractivity contribution in [3.8, 4) is 0 Å². The minimum Gasteiger partial charge on any atom is -0.378 e. The highest BCUT2D eigenvalue weighted by Crippen LogP contribution is 2.39. The number of rotatable bonds is 3. The SMILES string of the molecule is CSc1ccc(NC2CCCc3sc(Cl)cc32)cc1. The van der Waals surface area contributed by atoms with Crippen LogP contribution in [0.25, 0.3) is 0 Å². The molecule has 1 aromatic heterocycles. The number of hydrogen-bond acceptors (Lipinski definition) is 3. The van der Waals surface area contributed by atoms with Crippen LogP contribution in [0.15, 0.2) is 35.2 Å². The lowest BCUT2D eigenvalue weighted by molar-refractivity contribution is 0.609. The molecule has 3 rings (SSSR count). The minimum atomic E-state index is 0.410. The molecule has 2 aromatic rings. The molecule has 0 spiro atoms. The fraction of sp³-hybridized carbons (Fsp3) is 0.333. The van der Waals surface area contributed by atoms with Gasteiger partial charge in [-0.05, 0) is 61.4 Å². The zero-order valence-electron chi connectivity index (χ0n) is 10.8. The van der Waals surface area contributed by atoms with Gasteiger partial charge in [0.1, 0.15) is 0 Å². The van der Waals surface area contributed by atoms with Gasteiger partial charge in [-0.1, -0.05) is 11.6 Å². The summed E-state index contributed by atoms with van der Waals surface area (Å²) < 4.78 is 0.913. The van der Waals surface area contributed by atoms with Crippen LogP contribution in [-0.2, 0) is 6.42 Å². The van der Waals surface area contributed by atoms with Crippen molar-refractivity contribution >= 4 is 40.4 Å². The van der Waals surface area contributed by atoms with Crippen molar-refractivity contribution in [2.75, 3.05) is 11.6 Å². The smallest absolute Gasteiger partial charge is 0.0934 e. The van der Waals surface area contributed by atoms with E-state index in [1.807, 2.05) is 0 Å². The van der Waals surface area contributed by atoms with Crippen molar-refractivity contribution in [2.24, 2.45) is 0 Å². The van der Waals surface area contributed by atoms with Gasteiger partial charge < -0.3 is 5.32 Å². The molecule has 1 aliphatic carbocycles. The quantitative estimate of drug-likeness (QED) is 0.739. The van der Waals surface area contributed by atoms with Gasteiger partial charge in [-0.3, -0.25) is 0 Å². The van der Waals surface area contributed by atoms with Gasteiger partial charge in [-0.2, -0.15) is 0 Å². The van der Waals surface area contributed by atoms with Gasteiger partial charge in [0.25, 0.3) is 0 Å². The van der Waals surface area contributed by atoms with E-state index in [9.17, 15) is 0 Å². The van der Waals surface area contributed by atoms with Crippen molar-refractivity contribution in [3.63, 3.8) is 0 Å². The second-order valence-corrected chi connectivity index (χ2v) is 7.39. The fourth-order valence-electron chi connectivity index (χ4n) is 2.56. The standard InChI is InChI=1S/C15H16ClNS2/c1-18-11-7-5-10(6-8-11)17-13-3-2-4-14-12(13)9-15(16)19-14/h5-9,13,17H,2-4H2,1H3. The average Bonchev–Trinajstić information content (AvgIpc) is 2.81. The first kappa shape index (κ1) is 13.3. The molecule has 19 heavy (non-hydrogen) atoms. The third-order valence-corrected chi connectivity index (χ3v) is 5.60. The molecule has 1 aliphatic rings. The number of aryl methyl sites for hydroxylation is 1. The van der Waals surface area contributed by atoms with Crippen molar-refractivity contribution in [1.29, 1.82) is 0 Å². The Hall–Kier alpha value is -0.640. The maximum Gasteiger partial charge on any atom is 0.0934 e. The largest absolute Gasteiger partial charge is 0.378 e. The molecule has 0 fully saturated rings. The Morgan fingerprint density at radius 3 is 2.84 bits per heavy atom. The summed E-state index contributed by atoms with van der Waals surface area (Å²) in [6, 6.07) is 11.2. The highest BCUT2D eigenvalue weighted by Gasteiger charge is 2.22. The van der Waals surface area contributed by atoms with E-state index in [2.05, 4.69) is 41.9 Å². The molecule has 1 N–H and O–H groups in total. The number of hydrogen-bond donors (Lipinski definition) is 1. The monoisotopic (exact) mass is 309 g/mol. The summed E-state index contributed by atoms with van der Waals surface area (Å²) in [4.78, 5) is 2.75. The van der Waals surface area contributed by atoms with E-state index in [1.54, 1.807) is 23.1 Å². The van der Waals surface area contributed by atoms with Gasteiger partial charge in [0, 0.05) is 15.5 Å². The van der Waals surface area contributed by atoms with E-state index in [-0.39, 0.29) is 0 Å². The van der Waals surface area contributed by atoms with E-state index in [0.29, 0.717) is 6.04 Å². The molecule has 0 saturated heterocycles. The first-order valence-corrected chi connectivity index (χ1v) is 8.87. The molecular weight excluding hydrogens is 294 g/mol. The molecule has 0 bridgehead atoms. The molecule has 1 heterocycles. The molecule has 0 saturated carbocycles. The molecule has 4 heteroatoms. The number of thioether (sulfide) groups is 1. The van der Waals surface area contributed by atoms with Crippen molar-refractivity contribution in [3.05, 3.63) is 45.1 Å². The van der Waals surface area contributed by atoms with Crippen molar-refractivity contribution in [1.82, 2.24) is 0 Å². The number of halogens is 1. The Kier molecular flexibility index (Phi) is 4.06. The Labute approximate surface area is 127 Å². The first-order valence-electron chi connectivity index (χ1n) is 6.45. The summed E-state index contributed by atoms with van der Waals surface area (Å²) in [5, 5.41) is 3.64. The zero-order chi connectivity index (χ0) is 13.2. The first-order chi connectivity index (χ1) is 9.26. The molecule has 0 aliphatic heterocycles. The maximum atomic E-state index is 6.15. The van der Waals surface area contributed by atoms with Crippen LogP contribution >= 0.6 is 34.7 Å². The summed E-state index contributed by atoms with van der Waals surface area (Å²) in [5.41, 5.74) is 2.59. The Morgan fingerprint density at radius 1 is 1.32 bits per heavy atom. The average molecular weight is 310 g/mol. The van der Waals surface area contributed by atoms with E-state index in [1.165, 1.54) is 40.3 Å². The predicted molar refractivity (Wildman–Crippen MR) is 86.9 cm³/mol. The van der Waals surface area contributed by atoms with E-state index < -0.39 is 0 Å². The zero-order valence-corrected chi connectivity index (χ0v) is 13.2. The number of fused-ring (bicyclic) bond motifs is 1. The number of nitrogens with one attached hydrogen (secondary N) is 1. The normalized spacial score (nSPS) is 18.1. The van der Waals surface area contributed by atoms with Crippen LogP contribution in [0.5, 0.6) is 0 Å². The highest BCUT2D eigenvalue weighted by atomic mass is 35.5. The van der Waals surface area contributed by atoms with Crippen LogP contribution in [0.2, 0.25) is 4.34 Å². The van der Waals surface area contributed by atoms with Gasteiger partial charge >= 0.3 is 0 Å². The van der Waals surface area contributed by atoms with Gasteiger partial charge in [-0.25, -0.2) is 0 Å². The van der Waals surface area contributed by atoms with Gasteiger partial charge in [0.15, 0.2) is 0 Å². The second-order valence-electron chi connectivity index (χ2n) is 4.75. The topological polar surface area (TPSA) is 12.0 Å². The molecule has 0 radical (unpaired) electrons. The maximum absolute atomic E-state index is 6.15. The second kappa shape index (κ2) is 5.78. The highest BCUT2D eigenvalue weighted by molar-refractivity contribution is 7.98. The van der Waals surface area contributed by atoms with Crippen LogP contribution in [0.3, 0.4) is 0 Å². The molecule has 1 aromatic carbocycles. The predicted octanol–water partition coefficient (Wildman–Crippen LogP) is 5.61. The van der Waals surface area contributed by atoms with E-state index in [0.717, 1.165) is 4.34 Å². The number of anilines is 1. The lowest BCUT2D eigenvalue weighted by Crippen LogP contribution is -2.15. The third kappa shape index (κ3) is 2.93. The molecular formula is C15H16ClNS2. The van der Waals surface area contributed by atoms with Crippen LogP contribution in [-0.4, -0.2) is 6.26 Å². The van der Waals surface area contributed by atoms with Gasteiger partial charge in [0.2, 0.25) is 0 Å². The Balaban J connectivity index is 1.79. The number of benzene rings is 1. The van der Waals surface area contributed by atoms with Crippen molar-refractivity contribution < 1.29 is 0 Å². The van der Waals surface area contributed by atoms with Crippen molar-refractivity contribution in [2.45, 2.75) is 30.2 Å². The molecule has 1 nitrogen and oxygen atoms in total. The van der Waals surface area contributed by atoms with Crippen LogP contribution in [0, 0.1) is 0 Å². The summed E-state index contributed by atoms with van der Waals surface area (Å²) >= 11 is 9.65. The third-order valence-electron chi connectivity index (χ3n) is 3.51. The van der Waals surface area contributed by atoms with Gasteiger partial charge in [-0.15, -0.1) is 23.1 Å². The molecule has 100 valence electrons. The summed E-state index contributed by atoms with van der Waals surface area (Å²) in [5.74, 6) is 0. The molecule has 1 atom stereocenters. The summed E-state index contributed by atoms with van der Waals surface area (Å²) in [7, 11) is 0. The van der Waals surface area contributed by atoms with E-state index in [4.69, 9.17) is 11.6 Å². The minimum absolute atomic E-state index is 0.410. The van der Waals surface area contributed by atoms with Crippen LogP contribution in [0.4, 0.5) is 5.69 Å². The van der Waals surface area contributed by atoms with Crippen LogP contribution in [0.1, 0.15) is 29.3 Å². The fourth-order valence-corrected chi connectivity index (χ4v) is 4.35. The van der Waals surface area contributed by atoms with Crippen LogP contribution < -0.4 is 5.32 Å². The van der Waals surface area contributed by atoms with Gasteiger partial charge in [0.05, 0.1) is 10.4 Å². The van der Waals surface area contributed by atoms with E-state index >= 15 is 0 Å². The lowest BCUT2D eigenvalue weighted by atomic mass is 9.94.